The molecule has 148 valence electrons. The lowest BCUT2D eigenvalue weighted by atomic mass is 9.94. The van der Waals surface area contributed by atoms with Crippen LogP contribution in [0.5, 0.6) is 5.75 Å². The number of allylic oxidation sites excluding steroid dienone is 1. The SMILES string of the molecule is CCOc1ccccc1[C@@H]1C(C(=O)Nc2ccc(Cl)cc2)=C(C)Nc2ncnn21. The van der Waals surface area contributed by atoms with Crippen LogP contribution in [0.1, 0.15) is 25.5 Å². The van der Waals surface area contributed by atoms with Crippen LogP contribution in [0.2, 0.25) is 5.02 Å². The van der Waals surface area contributed by atoms with E-state index in [1.54, 1.807) is 28.9 Å². The highest BCUT2D eigenvalue weighted by Crippen LogP contribution is 2.39. The van der Waals surface area contributed by atoms with Gasteiger partial charge in [0.15, 0.2) is 0 Å². The Morgan fingerprint density at radius 2 is 2.00 bits per heavy atom. The van der Waals surface area contributed by atoms with Gasteiger partial charge < -0.3 is 15.4 Å². The number of anilines is 2. The van der Waals surface area contributed by atoms with Crippen molar-refractivity contribution in [2.75, 3.05) is 17.2 Å². The maximum absolute atomic E-state index is 13.3. The van der Waals surface area contributed by atoms with Gasteiger partial charge in [0.05, 0.1) is 12.2 Å². The van der Waals surface area contributed by atoms with E-state index in [9.17, 15) is 4.79 Å². The molecule has 1 aromatic heterocycles. The predicted molar refractivity (Wildman–Crippen MR) is 112 cm³/mol. The van der Waals surface area contributed by atoms with Crippen LogP contribution in [-0.4, -0.2) is 27.3 Å². The number of ether oxygens (including phenoxy) is 1. The molecule has 1 aliphatic rings. The van der Waals surface area contributed by atoms with Crippen molar-refractivity contribution in [2.45, 2.75) is 19.9 Å². The summed E-state index contributed by atoms with van der Waals surface area (Å²) in [5.74, 6) is 1.03. The molecule has 0 spiro atoms. The Morgan fingerprint density at radius 1 is 1.24 bits per heavy atom. The minimum atomic E-state index is -0.483. The first-order valence-electron chi connectivity index (χ1n) is 9.24. The summed E-state index contributed by atoms with van der Waals surface area (Å²) in [6.07, 6.45) is 1.46. The fraction of sp³-hybridized carbons (Fsp3) is 0.190. The first-order chi connectivity index (χ1) is 14.1. The molecule has 29 heavy (non-hydrogen) atoms. The zero-order chi connectivity index (χ0) is 20.4. The van der Waals surface area contributed by atoms with E-state index >= 15 is 0 Å². The third-order valence-electron chi connectivity index (χ3n) is 4.65. The molecule has 1 amide bonds. The summed E-state index contributed by atoms with van der Waals surface area (Å²) in [7, 11) is 0. The first-order valence-corrected chi connectivity index (χ1v) is 9.62. The van der Waals surface area contributed by atoms with Gasteiger partial charge in [-0.3, -0.25) is 4.79 Å². The number of benzene rings is 2. The molecule has 3 aromatic rings. The molecule has 4 rings (SSSR count). The van der Waals surface area contributed by atoms with E-state index < -0.39 is 6.04 Å². The van der Waals surface area contributed by atoms with E-state index in [0.29, 0.717) is 40.3 Å². The van der Waals surface area contributed by atoms with Gasteiger partial charge in [-0.2, -0.15) is 10.1 Å². The summed E-state index contributed by atoms with van der Waals surface area (Å²) in [5.41, 5.74) is 2.72. The highest BCUT2D eigenvalue weighted by atomic mass is 35.5. The largest absolute Gasteiger partial charge is 0.494 e. The number of hydrogen-bond donors (Lipinski definition) is 2. The van der Waals surface area contributed by atoms with E-state index in [0.717, 1.165) is 5.56 Å². The Kier molecular flexibility index (Phi) is 5.22. The third kappa shape index (κ3) is 3.69. The maximum Gasteiger partial charge on any atom is 0.255 e. The summed E-state index contributed by atoms with van der Waals surface area (Å²) in [4.78, 5) is 17.6. The number of fused-ring (bicyclic) bond motifs is 1. The molecule has 0 saturated carbocycles. The summed E-state index contributed by atoms with van der Waals surface area (Å²) in [6.45, 7) is 4.29. The van der Waals surface area contributed by atoms with Gasteiger partial charge in [0, 0.05) is 22.0 Å². The van der Waals surface area contributed by atoms with Gasteiger partial charge in [0.25, 0.3) is 5.91 Å². The first kappa shape index (κ1) is 19.0. The van der Waals surface area contributed by atoms with Crippen LogP contribution in [0.25, 0.3) is 0 Å². The maximum atomic E-state index is 13.3. The van der Waals surface area contributed by atoms with Crippen molar-refractivity contribution >= 4 is 29.1 Å². The molecule has 7 nitrogen and oxygen atoms in total. The fourth-order valence-electron chi connectivity index (χ4n) is 3.40. The van der Waals surface area contributed by atoms with Crippen LogP contribution in [0.4, 0.5) is 11.6 Å². The zero-order valence-electron chi connectivity index (χ0n) is 16.0. The molecule has 0 saturated heterocycles. The highest BCUT2D eigenvalue weighted by Gasteiger charge is 2.35. The minimum absolute atomic E-state index is 0.241. The Labute approximate surface area is 173 Å². The standard InChI is InChI=1S/C21H20ClN5O2/c1-3-29-17-7-5-4-6-16(17)19-18(13(2)25-21-23-12-24-27(19)21)20(28)26-15-10-8-14(22)9-11-15/h4-12,19H,3H2,1-2H3,(H,26,28)(H,23,24,25)/t19-/m1/s1. The van der Waals surface area contributed by atoms with Gasteiger partial charge in [-0.25, -0.2) is 4.68 Å². The molecule has 2 aromatic carbocycles. The van der Waals surface area contributed by atoms with Gasteiger partial charge in [0.2, 0.25) is 5.95 Å². The van der Waals surface area contributed by atoms with Crippen molar-refractivity contribution in [3.63, 3.8) is 0 Å². The van der Waals surface area contributed by atoms with Gasteiger partial charge in [0.1, 0.15) is 18.1 Å². The highest BCUT2D eigenvalue weighted by molar-refractivity contribution is 6.30. The number of amides is 1. The monoisotopic (exact) mass is 409 g/mol. The minimum Gasteiger partial charge on any atom is -0.494 e. The Bertz CT molecular complexity index is 1070. The Balaban J connectivity index is 1.78. The average Bonchev–Trinajstić information content (AvgIpc) is 3.17. The molecule has 2 heterocycles. The lowest BCUT2D eigenvalue weighted by Crippen LogP contribution is -2.31. The number of halogens is 1. The third-order valence-corrected chi connectivity index (χ3v) is 4.91. The van der Waals surface area contributed by atoms with Gasteiger partial charge in [-0.05, 0) is 44.2 Å². The molecule has 8 heteroatoms. The lowest BCUT2D eigenvalue weighted by Gasteiger charge is -2.29. The normalized spacial score (nSPS) is 15.5. The second kappa shape index (κ2) is 7.97. The lowest BCUT2D eigenvalue weighted by molar-refractivity contribution is -0.113. The molecule has 0 bridgehead atoms. The van der Waals surface area contributed by atoms with E-state index in [4.69, 9.17) is 16.3 Å². The van der Waals surface area contributed by atoms with Crippen LogP contribution >= 0.6 is 11.6 Å². The van der Waals surface area contributed by atoms with E-state index in [-0.39, 0.29) is 5.91 Å². The molecule has 0 aliphatic carbocycles. The molecule has 0 radical (unpaired) electrons. The van der Waals surface area contributed by atoms with Gasteiger partial charge in [-0.1, -0.05) is 29.8 Å². The number of rotatable bonds is 5. The fourth-order valence-corrected chi connectivity index (χ4v) is 3.52. The topological polar surface area (TPSA) is 81.1 Å². The van der Waals surface area contributed by atoms with Crippen molar-refractivity contribution in [3.8, 4) is 5.75 Å². The van der Waals surface area contributed by atoms with Crippen molar-refractivity contribution in [2.24, 2.45) is 0 Å². The number of carbonyl (C=O) groups is 1. The molecule has 2 N–H and O–H groups in total. The van der Waals surface area contributed by atoms with Gasteiger partial charge >= 0.3 is 0 Å². The van der Waals surface area contributed by atoms with Crippen LogP contribution in [0.3, 0.4) is 0 Å². The van der Waals surface area contributed by atoms with Crippen molar-refractivity contribution in [3.05, 3.63) is 76.7 Å². The summed E-state index contributed by atoms with van der Waals surface area (Å²) in [5, 5.41) is 11.1. The molecule has 1 aliphatic heterocycles. The number of carbonyl (C=O) groups excluding carboxylic acids is 1. The Hall–Kier alpha value is -3.32. The van der Waals surface area contributed by atoms with Gasteiger partial charge in [-0.15, -0.1) is 0 Å². The number of nitrogens with one attached hydrogen (secondary N) is 2. The Morgan fingerprint density at radius 3 is 2.76 bits per heavy atom. The number of hydrogen-bond acceptors (Lipinski definition) is 5. The second-order valence-electron chi connectivity index (χ2n) is 6.53. The number of nitrogens with zero attached hydrogens (tertiary/aromatic N) is 3. The molecular formula is C21H20ClN5O2. The number of para-hydroxylation sites is 1. The average molecular weight is 410 g/mol. The smallest absolute Gasteiger partial charge is 0.255 e. The summed E-state index contributed by atoms with van der Waals surface area (Å²) in [6, 6.07) is 14.2. The van der Waals surface area contributed by atoms with E-state index in [2.05, 4.69) is 20.7 Å². The molecule has 0 fully saturated rings. The van der Waals surface area contributed by atoms with Crippen molar-refractivity contribution in [1.29, 1.82) is 0 Å². The zero-order valence-corrected chi connectivity index (χ0v) is 16.8. The molecular weight excluding hydrogens is 390 g/mol. The quantitative estimate of drug-likeness (QED) is 0.658. The predicted octanol–water partition coefficient (Wildman–Crippen LogP) is 4.26. The summed E-state index contributed by atoms with van der Waals surface area (Å²) >= 11 is 5.95. The number of aromatic nitrogens is 3. The summed E-state index contributed by atoms with van der Waals surface area (Å²) < 4.78 is 7.52. The van der Waals surface area contributed by atoms with E-state index in [1.165, 1.54) is 6.33 Å². The van der Waals surface area contributed by atoms with Crippen LogP contribution in [0, 0.1) is 0 Å². The molecule has 0 unspecified atom stereocenters. The molecule has 1 atom stereocenters. The second-order valence-corrected chi connectivity index (χ2v) is 6.96. The van der Waals surface area contributed by atoms with Crippen LogP contribution < -0.4 is 15.4 Å². The van der Waals surface area contributed by atoms with Crippen molar-refractivity contribution in [1.82, 2.24) is 14.8 Å². The van der Waals surface area contributed by atoms with Crippen molar-refractivity contribution < 1.29 is 9.53 Å². The van der Waals surface area contributed by atoms with Crippen LogP contribution in [0.15, 0.2) is 66.1 Å². The van der Waals surface area contributed by atoms with E-state index in [1.807, 2.05) is 38.1 Å². The van der Waals surface area contributed by atoms with Crippen LogP contribution in [-0.2, 0) is 4.79 Å².